The SMILES string of the molecule is CCCCc1c[nH]c2c(CC)cc(C(=O)O)cc12. The second-order valence-electron chi connectivity index (χ2n) is 4.63. The third-order valence-electron chi connectivity index (χ3n) is 3.38. The van der Waals surface area contributed by atoms with Gasteiger partial charge < -0.3 is 10.1 Å². The molecular weight excluding hydrogens is 226 g/mol. The van der Waals surface area contributed by atoms with E-state index in [-0.39, 0.29) is 0 Å². The highest BCUT2D eigenvalue weighted by molar-refractivity contribution is 5.96. The standard InChI is InChI=1S/C15H19NO2/c1-3-5-6-11-9-16-14-10(4-2)7-12(15(17)18)8-13(11)14/h7-9,16H,3-6H2,1-2H3,(H,17,18). The Morgan fingerprint density at radius 3 is 2.67 bits per heavy atom. The first-order chi connectivity index (χ1) is 8.67. The second-order valence-corrected chi connectivity index (χ2v) is 4.63. The number of unbranched alkanes of at least 4 members (excludes halogenated alkanes) is 1. The summed E-state index contributed by atoms with van der Waals surface area (Å²) < 4.78 is 0. The fourth-order valence-electron chi connectivity index (χ4n) is 2.34. The average molecular weight is 245 g/mol. The minimum absolute atomic E-state index is 0.386. The van der Waals surface area contributed by atoms with E-state index in [1.54, 1.807) is 12.1 Å². The third-order valence-corrected chi connectivity index (χ3v) is 3.38. The zero-order valence-electron chi connectivity index (χ0n) is 10.9. The van der Waals surface area contributed by atoms with Gasteiger partial charge in [-0.15, -0.1) is 0 Å². The van der Waals surface area contributed by atoms with Gasteiger partial charge in [0.1, 0.15) is 0 Å². The molecule has 0 aliphatic rings. The number of aromatic nitrogens is 1. The van der Waals surface area contributed by atoms with Gasteiger partial charge in [0, 0.05) is 17.1 Å². The molecule has 0 saturated carbocycles. The van der Waals surface area contributed by atoms with Gasteiger partial charge in [-0.2, -0.15) is 0 Å². The van der Waals surface area contributed by atoms with E-state index in [1.807, 2.05) is 13.1 Å². The lowest BCUT2D eigenvalue weighted by atomic mass is 10.0. The summed E-state index contributed by atoms with van der Waals surface area (Å²) in [5, 5.41) is 10.2. The summed E-state index contributed by atoms with van der Waals surface area (Å²) in [6.45, 7) is 4.21. The molecule has 0 atom stereocenters. The Kier molecular flexibility index (Phi) is 3.70. The molecule has 18 heavy (non-hydrogen) atoms. The molecule has 3 heteroatoms. The number of carbonyl (C=O) groups is 1. The Labute approximate surface area is 107 Å². The molecule has 2 aromatic rings. The first-order valence-corrected chi connectivity index (χ1v) is 6.53. The van der Waals surface area contributed by atoms with Crippen LogP contribution in [0.4, 0.5) is 0 Å². The van der Waals surface area contributed by atoms with Gasteiger partial charge >= 0.3 is 5.97 Å². The monoisotopic (exact) mass is 245 g/mol. The fraction of sp³-hybridized carbons (Fsp3) is 0.400. The van der Waals surface area contributed by atoms with Crippen LogP contribution in [-0.4, -0.2) is 16.1 Å². The summed E-state index contributed by atoms with van der Waals surface area (Å²) in [6.07, 6.45) is 6.14. The molecule has 3 nitrogen and oxygen atoms in total. The molecule has 0 radical (unpaired) electrons. The molecule has 0 aliphatic carbocycles. The van der Waals surface area contributed by atoms with E-state index in [4.69, 9.17) is 5.11 Å². The molecule has 0 fully saturated rings. The molecule has 2 N–H and O–H groups in total. The number of aromatic carboxylic acids is 1. The smallest absolute Gasteiger partial charge is 0.335 e. The highest BCUT2D eigenvalue weighted by Gasteiger charge is 2.12. The van der Waals surface area contributed by atoms with Crippen molar-refractivity contribution in [3.63, 3.8) is 0 Å². The minimum atomic E-state index is -0.853. The molecule has 0 unspecified atom stereocenters. The Balaban J connectivity index is 2.56. The number of hydrogen-bond donors (Lipinski definition) is 2. The minimum Gasteiger partial charge on any atom is -0.478 e. The quantitative estimate of drug-likeness (QED) is 0.842. The van der Waals surface area contributed by atoms with E-state index in [0.717, 1.165) is 42.1 Å². The largest absolute Gasteiger partial charge is 0.478 e. The lowest BCUT2D eigenvalue weighted by molar-refractivity contribution is 0.0697. The van der Waals surface area contributed by atoms with E-state index < -0.39 is 5.97 Å². The van der Waals surface area contributed by atoms with Gasteiger partial charge in [-0.05, 0) is 42.5 Å². The maximum Gasteiger partial charge on any atom is 0.335 e. The highest BCUT2D eigenvalue weighted by atomic mass is 16.4. The van der Waals surface area contributed by atoms with Gasteiger partial charge in [-0.3, -0.25) is 0 Å². The van der Waals surface area contributed by atoms with Crippen LogP contribution in [0.2, 0.25) is 0 Å². The van der Waals surface area contributed by atoms with Crippen LogP contribution in [0.3, 0.4) is 0 Å². The van der Waals surface area contributed by atoms with Crippen LogP contribution in [0, 0.1) is 0 Å². The van der Waals surface area contributed by atoms with Crippen LogP contribution in [0.1, 0.15) is 48.2 Å². The van der Waals surface area contributed by atoms with Crippen LogP contribution in [0.5, 0.6) is 0 Å². The molecule has 96 valence electrons. The van der Waals surface area contributed by atoms with E-state index in [1.165, 1.54) is 5.56 Å². The molecule has 0 bridgehead atoms. The predicted molar refractivity (Wildman–Crippen MR) is 73.2 cm³/mol. The zero-order chi connectivity index (χ0) is 13.1. The number of fused-ring (bicyclic) bond motifs is 1. The van der Waals surface area contributed by atoms with E-state index >= 15 is 0 Å². The van der Waals surface area contributed by atoms with Gasteiger partial charge in [-0.25, -0.2) is 4.79 Å². The Bertz CT molecular complexity index is 569. The van der Waals surface area contributed by atoms with Crippen molar-refractivity contribution in [1.29, 1.82) is 0 Å². The maximum atomic E-state index is 11.1. The normalized spacial score (nSPS) is 11.0. The number of H-pyrrole nitrogens is 1. The molecule has 0 spiro atoms. The van der Waals surface area contributed by atoms with Gasteiger partial charge in [0.05, 0.1) is 5.56 Å². The molecule has 1 aromatic heterocycles. The van der Waals surface area contributed by atoms with Crippen molar-refractivity contribution in [3.8, 4) is 0 Å². The van der Waals surface area contributed by atoms with Gasteiger partial charge in [0.15, 0.2) is 0 Å². The molecule has 1 aromatic carbocycles. The third kappa shape index (κ3) is 2.26. The Hall–Kier alpha value is -1.77. The first-order valence-electron chi connectivity index (χ1n) is 6.53. The lowest BCUT2D eigenvalue weighted by Gasteiger charge is -2.04. The van der Waals surface area contributed by atoms with Crippen molar-refractivity contribution < 1.29 is 9.90 Å². The number of carboxylic acids is 1. The van der Waals surface area contributed by atoms with Gasteiger partial charge in [-0.1, -0.05) is 20.3 Å². The van der Waals surface area contributed by atoms with Gasteiger partial charge in [0.25, 0.3) is 0 Å². The first kappa shape index (κ1) is 12.7. The zero-order valence-corrected chi connectivity index (χ0v) is 10.9. The van der Waals surface area contributed by atoms with Gasteiger partial charge in [0.2, 0.25) is 0 Å². The topological polar surface area (TPSA) is 53.1 Å². The van der Waals surface area contributed by atoms with Crippen molar-refractivity contribution in [2.75, 3.05) is 0 Å². The lowest BCUT2D eigenvalue weighted by Crippen LogP contribution is -1.98. The summed E-state index contributed by atoms with van der Waals surface area (Å²) in [7, 11) is 0. The average Bonchev–Trinajstić information content (AvgIpc) is 2.78. The van der Waals surface area contributed by atoms with E-state index in [9.17, 15) is 4.79 Å². The molecule has 0 saturated heterocycles. The number of carboxylic acid groups (broad SMARTS) is 1. The van der Waals surface area contributed by atoms with E-state index in [2.05, 4.69) is 11.9 Å². The summed E-state index contributed by atoms with van der Waals surface area (Å²) >= 11 is 0. The van der Waals surface area contributed by atoms with Crippen molar-refractivity contribution >= 4 is 16.9 Å². The number of aromatic amines is 1. The fourth-order valence-corrected chi connectivity index (χ4v) is 2.34. The van der Waals surface area contributed by atoms with Crippen molar-refractivity contribution in [3.05, 3.63) is 35.0 Å². The van der Waals surface area contributed by atoms with Crippen LogP contribution in [-0.2, 0) is 12.8 Å². The number of aryl methyl sites for hydroxylation is 2. The molecule has 0 aliphatic heterocycles. The number of benzene rings is 1. The summed E-state index contributed by atoms with van der Waals surface area (Å²) in [5.74, 6) is -0.853. The second kappa shape index (κ2) is 5.25. The summed E-state index contributed by atoms with van der Waals surface area (Å²) in [5.41, 5.74) is 3.78. The number of rotatable bonds is 5. The molecule has 2 rings (SSSR count). The van der Waals surface area contributed by atoms with Crippen molar-refractivity contribution in [1.82, 2.24) is 4.98 Å². The predicted octanol–water partition coefficient (Wildman–Crippen LogP) is 3.77. The van der Waals surface area contributed by atoms with Crippen molar-refractivity contribution in [2.45, 2.75) is 39.5 Å². The van der Waals surface area contributed by atoms with Crippen molar-refractivity contribution in [2.24, 2.45) is 0 Å². The molecule has 0 amide bonds. The molecular formula is C15H19NO2. The summed E-state index contributed by atoms with van der Waals surface area (Å²) in [6, 6.07) is 3.56. The Morgan fingerprint density at radius 1 is 1.28 bits per heavy atom. The number of nitrogens with one attached hydrogen (secondary N) is 1. The summed E-state index contributed by atoms with van der Waals surface area (Å²) in [4.78, 5) is 14.4. The van der Waals surface area contributed by atoms with Crippen LogP contribution >= 0.6 is 0 Å². The van der Waals surface area contributed by atoms with Crippen LogP contribution in [0.15, 0.2) is 18.3 Å². The van der Waals surface area contributed by atoms with Crippen LogP contribution < -0.4 is 0 Å². The Morgan fingerprint density at radius 2 is 2.06 bits per heavy atom. The van der Waals surface area contributed by atoms with E-state index in [0.29, 0.717) is 5.56 Å². The number of hydrogen-bond acceptors (Lipinski definition) is 1. The van der Waals surface area contributed by atoms with Crippen LogP contribution in [0.25, 0.3) is 10.9 Å². The molecule has 1 heterocycles. The maximum absolute atomic E-state index is 11.1. The highest BCUT2D eigenvalue weighted by Crippen LogP contribution is 2.25.